The SMILES string of the molecule is COc1ccccc1Nc1cc(C(=O)N2CCCc3ccccc32)ccn1. The smallest absolute Gasteiger partial charge is 0.258 e. The Balaban J connectivity index is 1.61. The van der Waals surface area contributed by atoms with Crippen molar-refractivity contribution in [2.75, 3.05) is 23.9 Å². The number of anilines is 3. The summed E-state index contributed by atoms with van der Waals surface area (Å²) in [6.07, 6.45) is 3.64. The Bertz CT molecular complexity index is 971. The number of fused-ring (bicyclic) bond motifs is 1. The molecule has 136 valence electrons. The van der Waals surface area contributed by atoms with Crippen LogP contribution in [-0.4, -0.2) is 24.5 Å². The third-order valence-electron chi connectivity index (χ3n) is 4.73. The zero-order valence-corrected chi connectivity index (χ0v) is 15.2. The van der Waals surface area contributed by atoms with Gasteiger partial charge in [0.05, 0.1) is 12.8 Å². The van der Waals surface area contributed by atoms with Crippen molar-refractivity contribution in [3.05, 3.63) is 78.0 Å². The Morgan fingerprint density at radius 1 is 1.11 bits per heavy atom. The van der Waals surface area contributed by atoms with Crippen molar-refractivity contribution in [3.8, 4) is 5.75 Å². The summed E-state index contributed by atoms with van der Waals surface area (Å²) < 4.78 is 5.36. The van der Waals surface area contributed by atoms with E-state index in [0.717, 1.165) is 36.5 Å². The summed E-state index contributed by atoms with van der Waals surface area (Å²) >= 11 is 0. The molecule has 1 aliphatic heterocycles. The van der Waals surface area contributed by atoms with Crippen LogP contribution < -0.4 is 15.0 Å². The van der Waals surface area contributed by atoms with Gasteiger partial charge in [0.25, 0.3) is 5.91 Å². The molecule has 0 aliphatic carbocycles. The Labute approximate surface area is 158 Å². The van der Waals surface area contributed by atoms with Gasteiger partial charge in [-0.25, -0.2) is 4.98 Å². The highest BCUT2D eigenvalue weighted by Crippen LogP contribution is 2.29. The fourth-order valence-electron chi connectivity index (χ4n) is 3.42. The fourth-order valence-corrected chi connectivity index (χ4v) is 3.42. The van der Waals surface area contributed by atoms with Crippen molar-refractivity contribution in [2.45, 2.75) is 12.8 Å². The zero-order chi connectivity index (χ0) is 18.6. The molecule has 0 saturated heterocycles. The first-order valence-electron chi connectivity index (χ1n) is 9.02. The molecule has 0 radical (unpaired) electrons. The fraction of sp³-hybridized carbons (Fsp3) is 0.182. The molecule has 5 heteroatoms. The predicted molar refractivity (Wildman–Crippen MR) is 107 cm³/mol. The van der Waals surface area contributed by atoms with E-state index in [1.807, 2.05) is 47.4 Å². The minimum absolute atomic E-state index is 0.00683. The summed E-state index contributed by atoms with van der Waals surface area (Å²) in [5.41, 5.74) is 3.64. The first kappa shape index (κ1) is 17.1. The molecule has 0 unspecified atom stereocenters. The van der Waals surface area contributed by atoms with Crippen LogP contribution in [0, 0.1) is 0 Å². The van der Waals surface area contributed by atoms with Gasteiger partial charge in [0.1, 0.15) is 11.6 Å². The summed E-state index contributed by atoms with van der Waals surface area (Å²) in [7, 11) is 1.63. The number of aryl methyl sites for hydroxylation is 1. The summed E-state index contributed by atoms with van der Waals surface area (Å²) in [6, 6.07) is 19.3. The van der Waals surface area contributed by atoms with Crippen LogP contribution in [0.15, 0.2) is 66.9 Å². The molecular formula is C22H21N3O2. The van der Waals surface area contributed by atoms with E-state index in [1.54, 1.807) is 25.4 Å². The van der Waals surface area contributed by atoms with E-state index < -0.39 is 0 Å². The van der Waals surface area contributed by atoms with Gasteiger partial charge < -0.3 is 15.0 Å². The lowest BCUT2D eigenvalue weighted by molar-refractivity contribution is 0.0985. The molecule has 1 amide bonds. The topological polar surface area (TPSA) is 54.5 Å². The number of pyridine rings is 1. The van der Waals surface area contributed by atoms with E-state index in [1.165, 1.54) is 5.56 Å². The molecule has 0 spiro atoms. The Kier molecular flexibility index (Phi) is 4.75. The average Bonchev–Trinajstić information content (AvgIpc) is 2.73. The lowest BCUT2D eigenvalue weighted by atomic mass is 10.0. The molecule has 3 aromatic rings. The van der Waals surface area contributed by atoms with E-state index >= 15 is 0 Å². The number of carbonyl (C=O) groups excluding carboxylic acids is 1. The molecule has 1 aromatic heterocycles. The van der Waals surface area contributed by atoms with Crippen molar-refractivity contribution in [1.82, 2.24) is 4.98 Å². The second kappa shape index (κ2) is 7.50. The van der Waals surface area contributed by atoms with Gasteiger partial charge in [0.2, 0.25) is 0 Å². The number of hydrogen-bond donors (Lipinski definition) is 1. The third-order valence-corrected chi connectivity index (χ3v) is 4.73. The molecule has 1 aliphatic rings. The second-order valence-electron chi connectivity index (χ2n) is 6.44. The number of benzene rings is 2. The van der Waals surface area contributed by atoms with Gasteiger partial charge >= 0.3 is 0 Å². The van der Waals surface area contributed by atoms with Crippen LogP contribution in [0.1, 0.15) is 22.3 Å². The molecule has 2 aromatic carbocycles. The van der Waals surface area contributed by atoms with Gasteiger partial charge in [-0.15, -0.1) is 0 Å². The zero-order valence-electron chi connectivity index (χ0n) is 15.2. The number of rotatable bonds is 4. The van der Waals surface area contributed by atoms with E-state index in [-0.39, 0.29) is 5.91 Å². The number of methoxy groups -OCH3 is 1. The molecular weight excluding hydrogens is 338 g/mol. The number of aromatic nitrogens is 1. The predicted octanol–water partition coefficient (Wildman–Crippen LogP) is 4.43. The minimum atomic E-state index is -0.00683. The van der Waals surface area contributed by atoms with E-state index in [0.29, 0.717) is 11.4 Å². The van der Waals surface area contributed by atoms with Gasteiger partial charge in [-0.3, -0.25) is 4.79 Å². The third kappa shape index (κ3) is 3.49. The summed E-state index contributed by atoms with van der Waals surface area (Å²) in [4.78, 5) is 19.3. The number of ether oxygens (including phenoxy) is 1. The number of para-hydroxylation sites is 3. The Morgan fingerprint density at radius 3 is 2.81 bits per heavy atom. The van der Waals surface area contributed by atoms with Crippen molar-refractivity contribution >= 4 is 23.1 Å². The van der Waals surface area contributed by atoms with Crippen LogP contribution in [0.2, 0.25) is 0 Å². The highest BCUT2D eigenvalue weighted by atomic mass is 16.5. The number of amides is 1. The van der Waals surface area contributed by atoms with Gasteiger partial charge in [-0.2, -0.15) is 0 Å². The normalized spacial score (nSPS) is 13.0. The van der Waals surface area contributed by atoms with Crippen molar-refractivity contribution in [2.24, 2.45) is 0 Å². The quantitative estimate of drug-likeness (QED) is 0.749. The number of nitrogens with zero attached hydrogens (tertiary/aromatic N) is 2. The number of nitrogens with one attached hydrogen (secondary N) is 1. The molecule has 0 fully saturated rings. The molecule has 0 saturated carbocycles. The van der Waals surface area contributed by atoms with Crippen LogP contribution in [0.4, 0.5) is 17.2 Å². The lowest BCUT2D eigenvalue weighted by Gasteiger charge is -2.29. The van der Waals surface area contributed by atoms with E-state index in [2.05, 4.69) is 16.4 Å². The maximum Gasteiger partial charge on any atom is 0.258 e. The van der Waals surface area contributed by atoms with E-state index in [4.69, 9.17) is 4.74 Å². The van der Waals surface area contributed by atoms with Crippen molar-refractivity contribution in [3.63, 3.8) is 0 Å². The number of carbonyl (C=O) groups is 1. The molecule has 2 heterocycles. The van der Waals surface area contributed by atoms with E-state index in [9.17, 15) is 4.79 Å². The maximum atomic E-state index is 13.1. The second-order valence-corrected chi connectivity index (χ2v) is 6.44. The molecule has 4 rings (SSSR count). The highest BCUT2D eigenvalue weighted by molar-refractivity contribution is 6.07. The van der Waals surface area contributed by atoms with Crippen molar-refractivity contribution in [1.29, 1.82) is 0 Å². The van der Waals surface area contributed by atoms with Crippen LogP contribution in [0.3, 0.4) is 0 Å². The highest BCUT2D eigenvalue weighted by Gasteiger charge is 2.23. The van der Waals surface area contributed by atoms with Gasteiger partial charge in [-0.05, 0) is 48.7 Å². The molecule has 0 bridgehead atoms. The van der Waals surface area contributed by atoms with Crippen LogP contribution >= 0.6 is 0 Å². The molecule has 0 atom stereocenters. The largest absolute Gasteiger partial charge is 0.495 e. The van der Waals surface area contributed by atoms with Crippen molar-refractivity contribution < 1.29 is 9.53 Å². The minimum Gasteiger partial charge on any atom is -0.495 e. The van der Waals surface area contributed by atoms with Crippen LogP contribution in [0.25, 0.3) is 0 Å². The monoisotopic (exact) mass is 359 g/mol. The molecule has 5 nitrogen and oxygen atoms in total. The number of hydrogen-bond acceptors (Lipinski definition) is 4. The summed E-state index contributed by atoms with van der Waals surface area (Å²) in [6.45, 7) is 0.730. The average molecular weight is 359 g/mol. The first-order valence-corrected chi connectivity index (χ1v) is 9.02. The van der Waals surface area contributed by atoms with Gasteiger partial charge in [0.15, 0.2) is 0 Å². The molecule has 27 heavy (non-hydrogen) atoms. The first-order chi connectivity index (χ1) is 13.3. The maximum absolute atomic E-state index is 13.1. The Hall–Kier alpha value is -3.34. The van der Waals surface area contributed by atoms with Gasteiger partial charge in [0, 0.05) is 24.0 Å². The lowest BCUT2D eigenvalue weighted by Crippen LogP contribution is -2.35. The summed E-state index contributed by atoms with van der Waals surface area (Å²) in [5, 5.41) is 3.23. The Morgan fingerprint density at radius 2 is 1.93 bits per heavy atom. The van der Waals surface area contributed by atoms with Crippen LogP contribution in [-0.2, 0) is 6.42 Å². The standard InChI is InChI=1S/C22H21N3O2/c1-27-20-11-5-3-9-18(20)24-21-15-17(12-13-23-21)22(26)25-14-6-8-16-7-2-4-10-19(16)25/h2-5,7,9-13,15H,6,8,14H2,1H3,(H,23,24). The molecule has 1 N–H and O–H groups in total. The van der Waals surface area contributed by atoms with Crippen LogP contribution in [0.5, 0.6) is 5.75 Å². The van der Waals surface area contributed by atoms with Gasteiger partial charge in [-0.1, -0.05) is 30.3 Å². The summed E-state index contributed by atoms with van der Waals surface area (Å²) in [5.74, 6) is 1.32.